The lowest BCUT2D eigenvalue weighted by molar-refractivity contribution is -0.137. The monoisotopic (exact) mass is 900 g/mol. The number of nitrogens with one attached hydrogen (secondary N) is 4. The quantitative estimate of drug-likeness (QED) is 0.0955. The lowest BCUT2D eigenvalue weighted by Crippen LogP contribution is -2.54. The van der Waals surface area contributed by atoms with Gasteiger partial charge in [-0.15, -0.1) is 0 Å². The van der Waals surface area contributed by atoms with E-state index in [0.29, 0.717) is 78.4 Å². The topological polar surface area (TPSA) is 193 Å². The molecule has 64 heavy (non-hydrogen) atoms. The smallest absolute Gasteiger partial charge is 0.301 e. The summed E-state index contributed by atoms with van der Waals surface area (Å²) in [6.07, 6.45) is 5.47. The first kappa shape index (κ1) is 44.2. The fourth-order valence-corrected chi connectivity index (χ4v) is 9.22. The Kier molecular flexibility index (Phi) is 12.4. The third-order valence-electron chi connectivity index (χ3n) is 12.1. The zero-order chi connectivity index (χ0) is 45.3. The van der Waals surface area contributed by atoms with E-state index in [2.05, 4.69) is 30.3 Å². The van der Waals surface area contributed by atoms with E-state index in [9.17, 15) is 27.6 Å². The predicted molar refractivity (Wildman–Crippen MR) is 234 cm³/mol. The highest BCUT2D eigenvalue weighted by Crippen LogP contribution is 2.41. The van der Waals surface area contributed by atoms with Crippen molar-refractivity contribution in [3.63, 3.8) is 0 Å². The van der Waals surface area contributed by atoms with Gasteiger partial charge >= 0.3 is 10.2 Å². The van der Waals surface area contributed by atoms with E-state index in [0.717, 1.165) is 4.31 Å². The van der Waals surface area contributed by atoms with E-state index in [1.165, 1.54) is 36.3 Å². The fraction of sp³-hybridized carbons (Fsp3) is 0.364. The number of amides is 3. The van der Waals surface area contributed by atoms with Crippen LogP contribution in [0.3, 0.4) is 0 Å². The van der Waals surface area contributed by atoms with Crippen LogP contribution in [0.15, 0.2) is 79.3 Å². The molecule has 0 spiro atoms. The highest BCUT2D eigenvalue weighted by Gasteiger charge is 2.46. The molecule has 3 aliphatic heterocycles. The largest absolute Gasteiger partial charge is 0.374 e. The summed E-state index contributed by atoms with van der Waals surface area (Å²) in [6, 6.07) is 15.4. The Bertz CT molecular complexity index is 2690. The number of rotatable bonds is 13. The molecule has 336 valence electrons. The van der Waals surface area contributed by atoms with Crippen molar-refractivity contribution in [1.82, 2.24) is 34.4 Å². The number of likely N-dealkylation sites (tertiary alicyclic amines) is 1. The number of aromatic amines is 1. The summed E-state index contributed by atoms with van der Waals surface area (Å²) in [5, 5.41) is 5.79. The van der Waals surface area contributed by atoms with Gasteiger partial charge in [-0.1, -0.05) is 25.1 Å². The molecule has 0 bridgehead atoms. The van der Waals surface area contributed by atoms with Gasteiger partial charge in [0.25, 0.3) is 5.92 Å². The first-order valence-electron chi connectivity index (χ1n) is 20.9. The third-order valence-corrected chi connectivity index (χ3v) is 13.6. The maximum absolute atomic E-state index is 15.6. The van der Waals surface area contributed by atoms with Crippen LogP contribution in [0.4, 0.5) is 30.4 Å². The number of ketones is 1. The molecule has 3 saturated heterocycles. The highest BCUT2D eigenvalue weighted by atomic mass is 32.2. The molecule has 4 N–H and O–H groups in total. The maximum atomic E-state index is 15.6. The van der Waals surface area contributed by atoms with Crippen molar-refractivity contribution in [1.29, 1.82) is 0 Å². The van der Waals surface area contributed by atoms with Gasteiger partial charge < -0.3 is 20.1 Å². The van der Waals surface area contributed by atoms with Gasteiger partial charge in [-0.05, 0) is 67.4 Å². The van der Waals surface area contributed by atoms with Gasteiger partial charge in [-0.25, -0.2) is 23.1 Å². The third kappa shape index (κ3) is 9.29. The second-order valence-electron chi connectivity index (χ2n) is 16.2. The molecule has 3 aliphatic rings. The number of alkyl halides is 2. The van der Waals surface area contributed by atoms with Crippen LogP contribution in [0.5, 0.6) is 0 Å². The first-order valence-corrected chi connectivity index (χ1v) is 22.4. The van der Waals surface area contributed by atoms with Gasteiger partial charge in [-0.3, -0.25) is 34.1 Å². The minimum atomic E-state index is -4.03. The van der Waals surface area contributed by atoms with Gasteiger partial charge in [0.05, 0.1) is 30.3 Å². The van der Waals surface area contributed by atoms with Crippen LogP contribution < -0.4 is 20.3 Å². The second kappa shape index (κ2) is 18.0. The van der Waals surface area contributed by atoms with Crippen LogP contribution in [0.25, 0.3) is 22.2 Å². The summed E-state index contributed by atoms with van der Waals surface area (Å²) in [7, 11) is -2.69. The SMILES string of the molecule is CCN(C)S(=O)(=O)Nc1cccc(C(=O)c2c[nH]c3ncc(-c4ccc(N5CCN(C(=O)CN6CCC(c7ccc(NC8CCC(=O)NC8=O)cc7)C(F)(F)C6)CC5)nc4)cc23)c1F. The average molecular weight is 901 g/mol. The number of benzene rings is 2. The van der Waals surface area contributed by atoms with Crippen molar-refractivity contribution in [3.05, 3.63) is 102 Å². The molecule has 8 rings (SSSR count). The Labute approximate surface area is 367 Å². The van der Waals surface area contributed by atoms with Crippen LogP contribution in [0.1, 0.15) is 53.6 Å². The van der Waals surface area contributed by atoms with E-state index < -0.39 is 52.1 Å². The molecule has 20 heteroatoms. The molecule has 3 aromatic heterocycles. The number of halogens is 3. The molecule has 0 saturated carbocycles. The van der Waals surface area contributed by atoms with Gasteiger partial charge in [0.2, 0.25) is 17.7 Å². The number of nitrogens with zero attached hydrogens (tertiary/aromatic N) is 6. The summed E-state index contributed by atoms with van der Waals surface area (Å²) in [5.74, 6) is -6.02. The standard InChI is InChI=1S/C44H47F3N10O6S/c1-3-54(2)64(62,63)53-35-6-4-5-31(40(35)45)41(60)33-24-50-42-32(33)21-29(23-49-42)28-9-13-37(48-22-28)56-17-19-57(20-18-56)39(59)25-55-16-15-34(44(46,47)26-55)27-7-10-30(11-8-27)51-36-12-14-38(58)52-43(36)61/h4-11,13,21-24,34,36,51,53H,3,12,14-20,25-26H2,1-2H3,(H,49,50)(H,52,58,61). The normalized spacial score (nSPS) is 19.5. The molecule has 3 amide bonds. The number of anilines is 3. The molecule has 2 aromatic carbocycles. The summed E-state index contributed by atoms with van der Waals surface area (Å²) >= 11 is 0. The van der Waals surface area contributed by atoms with Gasteiger partial charge in [0.15, 0.2) is 11.6 Å². The Morgan fingerprint density at radius 1 is 0.938 bits per heavy atom. The minimum Gasteiger partial charge on any atom is -0.374 e. The number of piperazine rings is 1. The van der Waals surface area contributed by atoms with Gasteiger partial charge in [0.1, 0.15) is 17.5 Å². The van der Waals surface area contributed by atoms with Crippen molar-refractivity contribution in [2.45, 2.75) is 44.1 Å². The number of imide groups is 1. The Morgan fingerprint density at radius 2 is 1.69 bits per heavy atom. The molecular weight excluding hydrogens is 854 g/mol. The average Bonchev–Trinajstić information content (AvgIpc) is 3.71. The zero-order valence-electron chi connectivity index (χ0n) is 35.1. The molecule has 16 nitrogen and oxygen atoms in total. The van der Waals surface area contributed by atoms with Crippen molar-refractivity contribution < 1.29 is 40.8 Å². The lowest BCUT2D eigenvalue weighted by Gasteiger charge is -2.40. The van der Waals surface area contributed by atoms with Crippen LogP contribution in [0, 0.1) is 5.82 Å². The van der Waals surface area contributed by atoms with E-state index in [1.807, 2.05) is 17.0 Å². The lowest BCUT2D eigenvalue weighted by atomic mass is 9.86. The number of carbonyl (C=O) groups is 4. The Balaban J connectivity index is 0.843. The Morgan fingerprint density at radius 3 is 2.38 bits per heavy atom. The van der Waals surface area contributed by atoms with Crippen molar-refractivity contribution in [2.24, 2.45) is 0 Å². The predicted octanol–water partition coefficient (Wildman–Crippen LogP) is 4.59. The number of piperidine rings is 2. The molecule has 6 heterocycles. The summed E-state index contributed by atoms with van der Waals surface area (Å²) < 4.78 is 75.0. The fourth-order valence-electron chi connectivity index (χ4n) is 8.29. The number of aromatic nitrogens is 3. The summed E-state index contributed by atoms with van der Waals surface area (Å²) in [6.45, 7) is 3.23. The van der Waals surface area contributed by atoms with Crippen molar-refractivity contribution >= 4 is 61.9 Å². The van der Waals surface area contributed by atoms with Crippen LogP contribution in [0.2, 0.25) is 0 Å². The van der Waals surface area contributed by atoms with Gasteiger partial charge in [0, 0.05) is 92.5 Å². The molecule has 2 unspecified atom stereocenters. The highest BCUT2D eigenvalue weighted by molar-refractivity contribution is 7.90. The number of fused-ring (bicyclic) bond motifs is 1. The van der Waals surface area contributed by atoms with E-state index in [4.69, 9.17) is 0 Å². The minimum absolute atomic E-state index is 0.114. The summed E-state index contributed by atoms with van der Waals surface area (Å²) in [5.41, 5.74) is 2.30. The van der Waals surface area contributed by atoms with Gasteiger partial charge in [-0.2, -0.15) is 12.7 Å². The number of hydrogen-bond donors (Lipinski definition) is 4. The number of hydrogen-bond acceptors (Lipinski definition) is 11. The van der Waals surface area contributed by atoms with Crippen molar-refractivity contribution in [2.75, 3.05) is 74.3 Å². The first-order chi connectivity index (χ1) is 30.6. The number of pyridine rings is 2. The zero-order valence-corrected chi connectivity index (χ0v) is 35.9. The molecule has 0 radical (unpaired) electrons. The number of H-pyrrole nitrogens is 1. The van der Waals surface area contributed by atoms with E-state index >= 15 is 13.2 Å². The van der Waals surface area contributed by atoms with Crippen molar-refractivity contribution in [3.8, 4) is 11.1 Å². The van der Waals surface area contributed by atoms with E-state index in [1.54, 1.807) is 54.5 Å². The number of carbonyl (C=O) groups excluding carboxylic acids is 4. The Hall–Kier alpha value is -6.38. The molecule has 5 aromatic rings. The van der Waals surface area contributed by atoms with Crippen LogP contribution in [-0.4, -0.2) is 132 Å². The molecule has 0 aliphatic carbocycles. The van der Waals surface area contributed by atoms with Crippen LogP contribution in [-0.2, 0) is 24.6 Å². The van der Waals surface area contributed by atoms with Crippen LogP contribution >= 0.6 is 0 Å². The molecular formula is C44H47F3N10O6S. The maximum Gasteiger partial charge on any atom is 0.301 e. The van der Waals surface area contributed by atoms with E-state index in [-0.39, 0.29) is 54.6 Å². The molecule has 2 atom stereocenters. The second-order valence-corrected chi connectivity index (χ2v) is 18.0. The molecule has 3 fully saturated rings. The summed E-state index contributed by atoms with van der Waals surface area (Å²) in [4.78, 5) is 67.8.